The number of carbonyl (C=O) groups excluding carboxylic acids is 1. The van der Waals surface area contributed by atoms with Crippen LogP contribution in [0.5, 0.6) is 0 Å². The van der Waals surface area contributed by atoms with Crippen LogP contribution < -0.4 is 15.5 Å². The second-order valence-corrected chi connectivity index (χ2v) is 6.22. The van der Waals surface area contributed by atoms with E-state index in [1.807, 2.05) is 18.2 Å². The van der Waals surface area contributed by atoms with Gasteiger partial charge in [-0.15, -0.1) is 0 Å². The Kier molecular flexibility index (Phi) is 5.35. The predicted molar refractivity (Wildman–Crippen MR) is 96.5 cm³/mol. The molecule has 1 heterocycles. The second kappa shape index (κ2) is 7.68. The smallest absolute Gasteiger partial charge is 0.376 e. The van der Waals surface area contributed by atoms with Crippen LogP contribution >= 0.6 is 0 Å². The summed E-state index contributed by atoms with van der Waals surface area (Å²) < 4.78 is 38.1. The van der Waals surface area contributed by atoms with E-state index in [2.05, 4.69) is 15.5 Å². The van der Waals surface area contributed by atoms with Crippen LogP contribution in [0.3, 0.4) is 0 Å². The van der Waals surface area contributed by atoms with Crippen molar-refractivity contribution in [2.24, 2.45) is 0 Å². The van der Waals surface area contributed by atoms with Crippen LogP contribution in [0.1, 0.15) is 18.4 Å². The lowest BCUT2D eigenvalue weighted by Crippen LogP contribution is -2.22. The molecular formula is C19H20F3N3O. The van der Waals surface area contributed by atoms with E-state index in [9.17, 15) is 18.0 Å². The number of halogens is 3. The van der Waals surface area contributed by atoms with Crippen molar-refractivity contribution in [2.75, 3.05) is 35.2 Å². The number of anilines is 3. The van der Waals surface area contributed by atoms with Crippen molar-refractivity contribution in [1.82, 2.24) is 0 Å². The molecule has 0 radical (unpaired) electrons. The Balaban J connectivity index is 1.57. The monoisotopic (exact) mass is 363 g/mol. The van der Waals surface area contributed by atoms with Gasteiger partial charge in [-0.1, -0.05) is 12.1 Å². The SMILES string of the molecule is O=C(CNc1cccc(C(F)(F)F)c1)Nc1cccc(N2CCCC2)c1. The van der Waals surface area contributed by atoms with Crippen LogP contribution in [-0.2, 0) is 11.0 Å². The van der Waals surface area contributed by atoms with Gasteiger partial charge in [0.05, 0.1) is 12.1 Å². The molecule has 26 heavy (non-hydrogen) atoms. The maximum Gasteiger partial charge on any atom is 0.416 e. The molecule has 1 amide bonds. The summed E-state index contributed by atoms with van der Waals surface area (Å²) in [6, 6.07) is 12.4. The average Bonchev–Trinajstić information content (AvgIpc) is 3.14. The first-order valence-corrected chi connectivity index (χ1v) is 8.48. The van der Waals surface area contributed by atoms with Gasteiger partial charge in [-0.3, -0.25) is 4.79 Å². The molecule has 4 nitrogen and oxygen atoms in total. The van der Waals surface area contributed by atoms with Crippen LogP contribution in [-0.4, -0.2) is 25.5 Å². The molecule has 0 saturated carbocycles. The molecule has 1 saturated heterocycles. The van der Waals surface area contributed by atoms with Crippen LogP contribution in [0.4, 0.5) is 30.2 Å². The number of hydrogen-bond donors (Lipinski definition) is 2. The molecule has 2 aromatic rings. The van der Waals surface area contributed by atoms with Gasteiger partial charge in [-0.25, -0.2) is 0 Å². The quantitative estimate of drug-likeness (QED) is 0.830. The lowest BCUT2D eigenvalue weighted by Gasteiger charge is -2.18. The van der Waals surface area contributed by atoms with Gasteiger partial charge >= 0.3 is 6.18 Å². The molecule has 7 heteroatoms. The average molecular weight is 363 g/mol. The predicted octanol–water partition coefficient (Wildman–Crippen LogP) is 4.36. The normalized spacial score (nSPS) is 14.3. The molecule has 138 valence electrons. The molecule has 0 aromatic heterocycles. The summed E-state index contributed by atoms with van der Waals surface area (Å²) >= 11 is 0. The number of nitrogens with zero attached hydrogens (tertiary/aromatic N) is 1. The molecule has 3 rings (SSSR count). The highest BCUT2D eigenvalue weighted by atomic mass is 19.4. The third kappa shape index (κ3) is 4.68. The number of benzene rings is 2. The zero-order valence-corrected chi connectivity index (χ0v) is 14.1. The first kappa shape index (κ1) is 18.1. The molecule has 0 aliphatic carbocycles. The van der Waals surface area contributed by atoms with Gasteiger partial charge in [0.25, 0.3) is 0 Å². The van der Waals surface area contributed by atoms with E-state index < -0.39 is 11.7 Å². The van der Waals surface area contributed by atoms with Gasteiger partial charge in [0.2, 0.25) is 5.91 Å². The number of amides is 1. The summed E-state index contributed by atoms with van der Waals surface area (Å²) in [5.41, 5.74) is 1.23. The molecule has 1 fully saturated rings. The first-order chi connectivity index (χ1) is 12.4. The standard InChI is InChI=1S/C19H20F3N3O/c20-19(21,22)14-5-3-6-15(11-14)23-13-18(26)24-16-7-4-8-17(12-16)25-9-1-2-10-25/h3-8,11-12,23H,1-2,9-10,13H2,(H,24,26). The zero-order valence-electron chi connectivity index (χ0n) is 14.1. The summed E-state index contributed by atoms with van der Waals surface area (Å²) in [5, 5.41) is 5.49. The largest absolute Gasteiger partial charge is 0.416 e. The maximum absolute atomic E-state index is 12.7. The molecule has 2 aromatic carbocycles. The Morgan fingerprint density at radius 3 is 2.42 bits per heavy atom. The summed E-state index contributed by atoms with van der Waals surface area (Å²) in [4.78, 5) is 14.4. The van der Waals surface area contributed by atoms with Crippen LogP contribution in [0.25, 0.3) is 0 Å². The first-order valence-electron chi connectivity index (χ1n) is 8.48. The number of rotatable bonds is 5. The van der Waals surface area contributed by atoms with Gasteiger partial charge in [-0.05, 0) is 49.2 Å². The van der Waals surface area contributed by atoms with E-state index in [1.165, 1.54) is 12.1 Å². The highest BCUT2D eigenvalue weighted by molar-refractivity contribution is 5.94. The molecule has 2 N–H and O–H groups in total. The lowest BCUT2D eigenvalue weighted by atomic mass is 10.2. The number of carbonyl (C=O) groups is 1. The Hall–Kier alpha value is -2.70. The minimum absolute atomic E-state index is 0.116. The van der Waals surface area contributed by atoms with Gasteiger partial charge in [0.1, 0.15) is 0 Å². The van der Waals surface area contributed by atoms with E-state index in [4.69, 9.17) is 0 Å². The number of nitrogens with one attached hydrogen (secondary N) is 2. The number of hydrogen-bond acceptors (Lipinski definition) is 3. The summed E-state index contributed by atoms with van der Waals surface area (Å²) in [6.45, 7) is 1.90. The topological polar surface area (TPSA) is 44.4 Å². The van der Waals surface area contributed by atoms with Crippen molar-refractivity contribution in [1.29, 1.82) is 0 Å². The Morgan fingerprint density at radius 2 is 1.69 bits per heavy atom. The van der Waals surface area contributed by atoms with Crippen LogP contribution in [0.2, 0.25) is 0 Å². The lowest BCUT2D eigenvalue weighted by molar-refractivity contribution is -0.137. The summed E-state index contributed by atoms with van der Waals surface area (Å²) in [5.74, 6) is -0.319. The zero-order chi connectivity index (χ0) is 18.6. The summed E-state index contributed by atoms with van der Waals surface area (Å²) in [7, 11) is 0. The molecule has 0 unspecified atom stereocenters. The molecule has 1 aliphatic rings. The van der Waals surface area contributed by atoms with Crippen LogP contribution in [0, 0.1) is 0 Å². The van der Waals surface area contributed by atoms with E-state index in [-0.39, 0.29) is 18.1 Å². The van der Waals surface area contributed by atoms with Gasteiger partial charge in [0.15, 0.2) is 0 Å². The second-order valence-electron chi connectivity index (χ2n) is 6.22. The van der Waals surface area contributed by atoms with E-state index >= 15 is 0 Å². The van der Waals surface area contributed by atoms with Gasteiger partial charge in [-0.2, -0.15) is 13.2 Å². The maximum atomic E-state index is 12.7. The molecular weight excluding hydrogens is 343 g/mol. The van der Waals surface area contributed by atoms with Crippen molar-refractivity contribution in [3.05, 3.63) is 54.1 Å². The van der Waals surface area contributed by atoms with Gasteiger partial charge < -0.3 is 15.5 Å². The van der Waals surface area contributed by atoms with Crippen molar-refractivity contribution < 1.29 is 18.0 Å². The van der Waals surface area contributed by atoms with Crippen molar-refractivity contribution in [3.63, 3.8) is 0 Å². The Morgan fingerprint density at radius 1 is 1.00 bits per heavy atom. The molecule has 0 spiro atoms. The van der Waals surface area contributed by atoms with Crippen LogP contribution in [0.15, 0.2) is 48.5 Å². The highest BCUT2D eigenvalue weighted by Crippen LogP contribution is 2.30. The fourth-order valence-electron chi connectivity index (χ4n) is 2.95. The third-order valence-electron chi connectivity index (χ3n) is 4.24. The molecule has 0 atom stereocenters. The highest BCUT2D eigenvalue weighted by Gasteiger charge is 2.30. The third-order valence-corrected chi connectivity index (χ3v) is 4.24. The Labute approximate surface area is 150 Å². The van der Waals surface area contributed by atoms with Crippen molar-refractivity contribution >= 4 is 23.0 Å². The van der Waals surface area contributed by atoms with E-state index in [1.54, 1.807) is 6.07 Å². The van der Waals surface area contributed by atoms with Crippen molar-refractivity contribution in [2.45, 2.75) is 19.0 Å². The molecule has 1 aliphatic heterocycles. The fourth-order valence-corrected chi connectivity index (χ4v) is 2.95. The minimum Gasteiger partial charge on any atom is -0.376 e. The van der Waals surface area contributed by atoms with Crippen molar-refractivity contribution in [3.8, 4) is 0 Å². The fraction of sp³-hybridized carbons (Fsp3) is 0.316. The Bertz CT molecular complexity index is 771. The number of alkyl halides is 3. The van der Waals surface area contributed by atoms with Gasteiger partial charge in [0, 0.05) is 30.2 Å². The van der Waals surface area contributed by atoms with E-state index in [0.29, 0.717) is 5.69 Å². The van der Waals surface area contributed by atoms with E-state index in [0.717, 1.165) is 43.8 Å². The minimum atomic E-state index is -4.41. The summed E-state index contributed by atoms with van der Waals surface area (Å²) in [6.07, 6.45) is -2.08. The molecule has 0 bridgehead atoms.